The maximum Gasteiger partial charge on any atom is 0.337 e. The van der Waals surface area contributed by atoms with E-state index >= 15 is 0 Å². The molecule has 1 heterocycles. The number of thioether (sulfide) groups is 1. The third kappa shape index (κ3) is 5.87. The van der Waals surface area contributed by atoms with Gasteiger partial charge in [0.2, 0.25) is 0 Å². The van der Waals surface area contributed by atoms with Gasteiger partial charge in [0.1, 0.15) is 18.2 Å². The van der Waals surface area contributed by atoms with Crippen LogP contribution in [0.4, 0.5) is 10.1 Å². The maximum atomic E-state index is 13.0. The van der Waals surface area contributed by atoms with Crippen LogP contribution in [0.5, 0.6) is 5.75 Å². The van der Waals surface area contributed by atoms with Crippen LogP contribution in [-0.2, 0) is 16.1 Å². The summed E-state index contributed by atoms with van der Waals surface area (Å²) in [6.45, 7) is 0.325. The molecule has 33 heavy (non-hydrogen) atoms. The number of nitrogens with one attached hydrogen (secondary N) is 1. The molecule has 4 rings (SSSR count). The minimum absolute atomic E-state index is 0.252. The number of carbonyl (C=O) groups excluding carboxylic acids is 2. The molecule has 0 spiro atoms. The molecule has 1 fully saturated rings. The van der Waals surface area contributed by atoms with Crippen LogP contribution in [0.1, 0.15) is 21.5 Å². The van der Waals surface area contributed by atoms with Crippen molar-refractivity contribution in [3.63, 3.8) is 0 Å². The summed E-state index contributed by atoms with van der Waals surface area (Å²) in [5.41, 5.74) is 2.73. The van der Waals surface area contributed by atoms with E-state index < -0.39 is 0 Å². The van der Waals surface area contributed by atoms with E-state index in [2.05, 4.69) is 10.3 Å². The highest BCUT2D eigenvalue weighted by Crippen LogP contribution is 2.29. The van der Waals surface area contributed by atoms with Gasteiger partial charge in [-0.25, -0.2) is 14.2 Å². The molecular weight excluding hydrogens is 443 g/mol. The van der Waals surface area contributed by atoms with Gasteiger partial charge in [-0.3, -0.25) is 4.79 Å². The molecule has 1 N–H and O–H groups in total. The standard InChI is InChI=1S/C25H19FN2O4S/c1-31-24(30)18-7-5-16(6-8-18)15-32-21-4-2-3-17(13-21)14-22-23(29)28-25(33-22)27-20-11-9-19(26)10-12-20/h2-14H,15H2,1H3,(H,27,28,29). The second-order valence-corrected chi connectivity index (χ2v) is 8.04. The van der Waals surface area contributed by atoms with Gasteiger partial charge in [0, 0.05) is 0 Å². The molecule has 0 saturated carbocycles. The Morgan fingerprint density at radius 1 is 1.09 bits per heavy atom. The monoisotopic (exact) mass is 462 g/mol. The molecule has 3 aromatic rings. The van der Waals surface area contributed by atoms with Crippen molar-refractivity contribution < 1.29 is 23.5 Å². The van der Waals surface area contributed by atoms with Crippen molar-refractivity contribution in [2.45, 2.75) is 6.61 Å². The van der Waals surface area contributed by atoms with Crippen LogP contribution in [0.3, 0.4) is 0 Å². The van der Waals surface area contributed by atoms with Gasteiger partial charge in [-0.15, -0.1) is 0 Å². The van der Waals surface area contributed by atoms with Crippen molar-refractivity contribution in [3.05, 3.63) is 100 Å². The topological polar surface area (TPSA) is 77.0 Å². The number of nitrogens with zero attached hydrogens (tertiary/aromatic N) is 1. The molecule has 6 nitrogen and oxygen atoms in total. The Hall–Kier alpha value is -3.91. The van der Waals surface area contributed by atoms with Crippen LogP contribution in [0, 0.1) is 5.82 Å². The number of benzene rings is 3. The van der Waals surface area contributed by atoms with Crippen molar-refractivity contribution in [3.8, 4) is 5.75 Å². The SMILES string of the molecule is COC(=O)c1ccc(COc2cccc(C=C3SC(=Nc4ccc(F)cc4)NC3=O)c2)cc1. The van der Waals surface area contributed by atoms with Crippen LogP contribution in [0.15, 0.2) is 82.7 Å². The number of carbonyl (C=O) groups is 2. The summed E-state index contributed by atoms with van der Waals surface area (Å²) in [5, 5.41) is 3.14. The fourth-order valence-corrected chi connectivity index (χ4v) is 3.82. The maximum absolute atomic E-state index is 13.0. The average molecular weight is 463 g/mol. The van der Waals surface area contributed by atoms with Crippen LogP contribution in [-0.4, -0.2) is 24.2 Å². The average Bonchev–Trinajstić information content (AvgIpc) is 3.17. The first-order valence-electron chi connectivity index (χ1n) is 9.95. The highest BCUT2D eigenvalue weighted by atomic mass is 32.2. The highest BCUT2D eigenvalue weighted by molar-refractivity contribution is 8.18. The molecule has 0 radical (unpaired) electrons. The first-order chi connectivity index (χ1) is 16.0. The number of aliphatic imine (C=N–C) groups is 1. The van der Waals surface area contributed by atoms with E-state index in [0.29, 0.717) is 33.7 Å². The highest BCUT2D eigenvalue weighted by Gasteiger charge is 2.23. The number of esters is 1. The zero-order valence-corrected chi connectivity index (χ0v) is 18.4. The van der Waals surface area contributed by atoms with Crippen LogP contribution in [0.25, 0.3) is 6.08 Å². The summed E-state index contributed by atoms with van der Waals surface area (Å²) in [5.74, 6) is -0.339. The van der Waals surface area contributed by atoms with Crippen molar-refractivity contribution in [2.75, 3.05) is 7.11 Å². The zero-order valence-electron chi connectivity index (χ0n) is 17.6. The molecule has 1 amide bonds. The molecule has 0 bridgehead atoms. The lowest BCUT2D eigenvalue weighted by Gasteiger charge is -2.08. The van der Waals surface area contributed by atoms with Gasteiger partial charge < -0.3 is 14.8 Å². The summed E-state index contributed by atoms with van der Waals surface area (Å²) in [7, 11) is 1.34. The van der Waals surface area contributed by atoms with Gasteiger partial charge in [0.25, 0.3) is 5.91 Å². The van der Waals surface area contributed by atoms with Gasteiger partial charge >= 0.3 is 5.97 Å². The normalized spacial score (nSPS) is 15.5. The molecule has 0 aliphatic carbocycles. The molecule has 166 valence electrons. The van der Waals surface area contributed by atoms with Crippen LogP contribution in [0.2, 0.25) is 0 Å². The number of ether oxygens (including phenoxy) is 2. The Balaban J connectivity index is 1.41. The van der Waals surface area contributed by atoms with E-state index in [-0.39, 0.29) is 17.7 Å². The summed E-state index contributed by atoms with van der Waals surface area (Å²) >= 11 is 1.21. The van der Waals surface area contributed by atoms with Gasteiger partial charge in [-0.1, -0.05) is 24.3 Å². The number of halogens is 1. The summed E-state index contributed by atoms with van der Waals surface area (Å²) in [6, 6.07) is 20.1. The fraction of sp³-hybridized carbons (Fsp3) is 0.0800. The van der Waals surface area contributed by atoms with Crippen molar-refractivity contribution in [1.82, 2.24) is 5.32 Å². The molecule has 0 atom stereocenters. The second kappa shape index (κ2) is 10.1. The summed E-state index contributed by atoms with van der Waals surface area (Å²) in [4.78, 5) is 28.7. The number of rotatable bonds is 6. The van der Waals surface area contributed by atoms with Crippen molar-refractivity contribution in [2.24, 2.45) is 4.99 Å². The smallest absolute Gasteiger partial charge is 0.337 e. The fourth-order valence-electron chi connectivity index (χ4n) is 2.98. The molecular formula is C25H19FN2O4S. The van der Waals surface area contributed by atoms with Gasteiger partial charge in [-0.2, -0.15) is 0 Å². The summed E-state index contributed by atoms with van der Waals surface area (Å²) < 4.78 is 23.6. The molecule has 1 aliphatic heterocycles. The molecule has 3 aromatic carbocycles. The predicted octanol–water partition coefficient (Wildman–Crippen LogP) is 5.08. The van der Waals surface area contributed by atoms with Crippen LogP contribution < -0.4 is 10.1 Å². The second-order valence-electron chi connectivity index (χ2n) is 7.01. The van der Waals surface area contributed by atoms with Gasteiger partial charge in [0.05, 0.1) is 23.3 Å². The van der Waals surface area contributed by atoms with Crippen LogP contribution >= 0.6 is 11.8 Å². The largest absolute Gasteiger partial charge is 0.489 e. The first-order valence-corrected chi connectivity index (χ1v) is 10.8. The Bertz CT molecular complexity index is 1240. The predicted molar refractivity (Wildman–Crippen MR) is 126 cm³/mol. The van der Waals surface area contributed by atoms with E-state index in [1.54, 1.807) is 42.5 Å². The summed E-state index contributed by atoms with van der Waals surface area (Å²) in [6.07, 6.45) is 1.76. The van der Waals surface area contributed by atoms with Gasteiger partial charge in [0.15, 0.2) is 5.17 Å². The Morgan fingerprint density at radius 3 is 2.58 bits per heavy atom. The Morgan fingerprint density at radius 2 is 1.85 bits per heavy atom. The number of amidine groups is 1. The molecule has 1 aliphatic rings. The lowest BCUT2D eigenvalue weighted by molar-refractivity contribution is -0.115. The van der Waals surface area contributed by atoms with Crippen molar-refractivity contribution in [1.29, 1.82) is 0 Å². The first kappa shape index (κ1) is 22.3. The number of amides is 1. The van der Waals surface area contributed by atoms with E-state index in [9.17, 15) is 14.0 Å². The molecule has 8 heteroatoms. The van der Waals surface area contributed by atoms with E-state index in [4.69, 9.17) is 9.47 Å². The Labute approximate surface area is 194 Å². The lowest BCUT2D eigenvalue weighted by atomic mass is 10.1. The molecule has 0 unspecified atom stereocenters. The third-order valence-corrected chi connectivity index (χ3v) is 5.55. The van der Waals surface area contributed by atoms with Crippen molar-refractivity contribution >= 4 is 40.6 Å². The van der Waals surface area contributed by atoms with Gasteiger partial charge in [-0.05, 0) is 77.5 Å². The number of hydrogen-bond donors (Lipinski definition) is 1. The third-order valence-electron chi connectivity index (χ3n) is 4.64. The number of hydrogen-bond acceptors (Lipinski definition) is 6. The number of methoxy groups -OCH3 is 1. The van der Waals surface area contributed by atoms with E-state index in [1.807, 2.05) is 24.3 Å². The lowest BCUT2D eigenvalue weighted by Crippen LogP contribution is -2.19. The molecule has 1 saturated heterocycles. The zero-order chi connectivity index (χ0) is 23.2. The Kier molecular flexibility index (Phi) is 6.85. The van der Waals surface area contributed by atoms with E-state index in [0.717, 1.165) is 11.1 Å². The molecule has 0 aromatic heterocycles. The minimum Gasteiger partial charge on any atom is -0.489 e. The minimum atomic E-state index is -0.386. The quantitative estimate of drug-likeness (QED) is 0.408. The van der Waals surface area contributed by atoms with E-state index in [1.165, 1.54) is 31.0 Å².